The summed E-state index contributed by atoms with van der Waals surface area (Å²) < 4.78 is 0. The van der Waals surface area contributed by atoms with Gasteiger partial charge < -0.3 is 15.7 Å². The monoisotopic (exact) mass is 295 g/mol. The number of carboxylic acids is 1. The van der Waals surface area contributed by atoms with Gasteiger partial charge in [-0.15, -0.1) is 0 Å². The Kier molecular flexibility index (Phi) is 4.95. The van der Waals surface area contributed by atoms with Crippen LogP contribution in [0.1, 0.15) is 24.2 Å². The zero-order chi connectivity index (χ0) is 16.2. The third-order valence-corrected chi connectivity index (χ3v) is 2.52. The van der Waals surface area contributed by atoms with E-state index in [0.29, 0.717) is 0 Å². The number of carbonyl (C=O) groups excluding carboxylic acids is 2. The van der Waals surface area contributed by atoms with Crippen molar-refractivity contribution < 1.29 is 24.4 Å². The summed E-state index contributed by atoms with van der Waals surface area (Å²) in [5.41, 5.74) is -0.856. The predicted molar refractivity (Wildman–Crippen MR) is 72.0 cm³/mol. The molecule has 1 rings (SSSR count). The first kappa shape index (κ1) is 16.1. The third kappa shape index (κ3) is 4.27. The molecule has 112 valence electrons. The van der Waals surface area contributed by atoms with Crippen LogP contribution in [-0.4, -0.2) is 33.9 Å². The molecule has 0 heterocycles. The first-order valence-electron chi connectivity index (χ1n) is 5.82. The maximum absolute atomic E-state index is 11.8. The van der Waals surface area contributed by atoms with Gasteiger partial charge in [0, 0.05) is 19.1 Å². The van der Waals surface area contributed by atoms with Gasteiger partial charge >= 0.3 is 5.97 Å². The molecule has 0 aliphatic heterocycles. The van der Waals surface area contributed by atoms with E-state index in [1.54, 1.807) is 0 Å². The van der Waals surface area contributed by atoms with Gasteiger partial charge in [0.05, 0.1) is 16.2 Å². The quantitative estimate of drug-likeness (QED) is 0.541. The van der Waals surface area contributed by atoms with Crippen LogP contribution in [0.4, 0.5) is 11.4 Å². The molecule has 0 radical (unpaired) electrons. The lowest BCUT2D eigenvalue weighted by atomic mass is 10.1. The highest BCUT2D eigenvalue weighted by molar-refractivity contribution is 6.03. The van der Waals surface area contributed by atoms with Gasteiger partial charge in [0.2, 0.25) is 11.8 Å². The van der Waals surface area contributed by atoms with Crippen molar-refractivity contribution in [3.05, 3.63) is 33.9 Å². The zero-order valence-electron chi connectivity index (χ0n) is 11.2. The maximum Gasteiger partial charge on any atom is 0.337 e. The fraction of sp³-hybridized carbons (Fsp3) is 0.250. The normalized spacial score (nSPS) is 11.3. The number of nitrogens with zero attached hydrogens (tertiary/aromatic N) is 1. The van der Waals surface area contributed by atoms with E-state index in [1.807, 2.05) is 0 Å². The topological polar surface area (TPSA) is 139 Å². The summed E-state index contributed by atoms with van der Waals surface area (Å²) in [7, 11) is 0. The van der Waals surface area contributed by atoms with Gasteiger partial charge in [0.25, 0.3) is 5.69 Å². The number of hydrogen-bond acceptors (Lipinski definition) is 5. The summed E-state index contributed by atoms with van der Waals surface area (Å²) in [6.45, 7) is 2.62. The number of aromatic carboxylic acids is 1. The van der Waals surface area contributed by atoms with Crippen LogP contribution in [0.25, 0.3) is 0 Å². The molecular formula is C12H13N3O6. The Bertz CT molecular complexity index is 613. The molecule has 3 N–H and O–H groups in total. The van der Waals surface area contributed by atoms with E-state index in [-0.39, 0.29) is 16.9 Å². The van der Waals surface area contributed by atoms with E-state index in [9.17, 15) is 24.5 Å². The average molecular weight is 295 g/mol. The Balaban J connectivity index is 3.07. The van der Waals surface area contributed by atoms with Gasteiger partial charge in [-0.3, -0.25) is 19.7 Å². The highest BCUT2D eigenvalue weighted by Crippen LogP contribution is 2.22. The van der Waals surface area contributed by atoms with Crippen LogP contribution in [0.5, 0.6) is 0 Å². The Morgan fingerprint density at radius 2 is 1.95 bits per heavy atom. The molecule has 0 aromatic heterocycles. The molecule has 0 aliphatic rings. The number of anilines is 1. The largest absolute Gasteiger partial charge is 0.478 e. The minimum absolute atomic E-state index is 0.209. The molecule has 0 saturated heterocycles. The van der Waals surface area contributed by atoms with Gasteiger partial charge in [0.1, 0.15) is 6.04 Å². The molecule has 0 bridgehead atoms. The molecule has 9 nitrogen and oxygen atoms in total. The smallest absolute Gasteiger partial charge is 0.337 e. The van der Waals surface area contributed by atoms with Gasteiger partial charge in [-0.25, -0.2) is 4.79 Å². The van der Waals surface area contributed by atoms with E-state index < -0.39 is 28.7 Å². The molecule has 0 fully saturated rings. The lowest BCUT2D eigenvalue weighted by Crippen LogP contribution is -2.40. The third-order valence-electron chi connectivity index (χ3n) is 2.52. The lowest BCUT2D eigenvalue weighted by Gasteiger charge is -2.14. The molecule has 21 heavy (non-hydrogen) atoms. The van der Waals surface area contributed by atoms with E-state index in [0.717, 1.165) is 18.2 Å². The number of carboxylic acid groups (broad SMARTS) is 1. The SMILES string of the molecule is CC(=O)NC(C)C(=O)Nc1cc([N+](=O)[O-])ccc1C(=O)O. The van der Waals surface area contributed by atoms with E-state index in [2.05, 4.69) is 10.6 Å². The molecule has 1 aromatic rings. The molecule has 0 saturated carbocycles. The Morgan fingerprint density at radius 3 is 2.43 bits per heavy atom. The van der Waals surface area contributed by atoms with Crippen molar-refractivity contribution in [1.29, 1.82) is 0 Å². The van der Waals surface area contributed by atoms with Crippen LogP contribution in [0.2, 0.25) is 0 Å². The number of carbonyl (C=O) groups is 3. The van der Waals surface area contributed by atoms with Crippen molar-refractivity contribution in [1.82, 2.24) is 5.32 Å². The Hall–Kier alpha value is -2.97. The molecule has 1 aromatic carbocycles. The average Bonchev–Trinajstić information content (AvgIpc) is 2.37. The number of benzene rings is 1. The molecule has 0 aliphatic carbocycles. The van der Waals surface area contributed by atoms with Crippen molar-refractivity contribution in [3.63, 3.8) is 0 Å². The van der Waals surface area contributed by atoms with Crippen molar-refractivity contribution >= 4 is 29.2 Å². The highest BCUT2D eigenvalue weighted by Gasteiger charge is 2.20. The van der Waals surface area contributed by atoms with Crippen molar-refractivity contribution in [2.24, 2.45) is 0 Å². The van der Waals surface area contributed by atoms with Crippen molar-refractivity contribution in [2.75, 3.05) is 5.32 Å². The fourth-order valence-electron chi connectivity index (χ4n) is 1.55. The number of amides is 2. The second-order valence-electron chi connectivity index (χ2n) is 4.20. The first-order valence-corrected chi connectivity index (χ1v) is 5.82. The minimum Gasteiger partial charge on any atom is -0.478 e. The van der Waals surface area contributed by atoms with Crippen LogP contribution in [0, 0.1) is 10.1 Å². The second kappa shape index (κ2) is 6.46. The van der Waals surface area contributed by atoms with Gasteiger partial charge in [-0.05, 0) is 13.0 Å². The van der Waals surface area contributed by atoms with Crippen LogP contribution in [-0.2, 0) is 9.59 Å². The molecule has 9 heteroatoms. The van der Waals surface area contributed by atoms with Crippen LogP contribution in [0.3, 0.4) is 0 Å². The number of nitro groups is 1. The molecular weight excluding hydrogens is 282 g/mol. The fourth-order valence-corrected chi connectivity index (χ4v) is 1.55. The van der Waals surface area contributed by atoms with Gasteiger partial charge in [0.15, 0.2) is 0 Å². The number of nitro benzene ring substituents is 1. The molecule has 1 unspecified atom stereocenters. The lowest BCUT2D eigenvalue weighted by molar-refractivity contribution is -0.384. The van der Waals surface area contributed by atoms with E-state index >= 15 is 0 Å². The van der Waals surface area contributed by atoms with Crippen LogP contribution < -0.4 is 10.6 Å². The first-order chi connectivity index (χ1) is 9.72. The van der Waals surface area contributed by atoms with Gasteiger partial charge in [-0.2, -0.15) is 0 Å². The molecule has 1 atom stereocenters. The number of nitrogens with one attached hydrogen (secondary N) is 2. The highest BCUT2D eigenvalue weighted by atomic mass is 16.6. The standard InChI is InChI=1S/C12H13N3O6/c1-6(13-7(2)16)11(17)14-10-5-8(15(20)21)3-4-9(10)12(18)19/h3-6H,1-2H3,(H,13,16)(H,14,17)(H,18,19). The summed E-state index contributed by atoms with van der Waals surface area (Å²) in [6.07, 6.45) is 0. The van der Waals surface area contributed by atoms with E-state index in [4.69, 9.17) is 5.11 Å². The van der Waals surface area contributed by atoms with E-state index in [1.165, 1.54) is 13.8 Å². The summed E-state index contributed by atoms with van der Waals surface area (Å²) in [5.74, 6) is -2.46. The summed E-state index contributed by atoms with van der Waals surface area (Å²) >= 11 is 0. The van der Waals surface area contributed by atoms with Crippen LogP contribution in [0.15, 0.2) is 18.2 Å². The summed E-state index contributed by atoms with van der Waals surface area (Å²) in [6, 6.07) is 2.08. The minimum atomic E-state index is -1.34. The Labute approximate surface area is 119 Å². The molecule has 2 amide bonds. The zero-order valence-corrected chi connectivity index (χ0v) is 11.2. The predicted octanol–water partition coefficient (Wildman–Crippen LogP) is 0.756. The Morgan fingerprint density at radius 1 is 1.33 bits per heavy atom. The molecule has 0 spiro atoms. The number of hydrogen-bond donors (Lipinski definition) is 3. The van der Waals surface area contributed by atoms with Crippen LogP contribution >= 0.6 is 0 Å². The summed E-state index contributed by atoms with van der Waals surface area (Å²) in [5, 5.41) is 24.3. The van der Waals surface area contributed by atoms with Crippen molar-refractivity contribution in [2.45, 2.75) is 19.9 Å². The second-order valence-corrected chi connectivity index (χ2v) is 4.20. The van der Waals surface area contributed by atoms with Gasteiger partial charge in [-0.1, -0.05) is 0 Å². The number of non-ortho nitro benzene ring substituents is 1. The maximum atomic E-state index is 11.8. The van der Waals surface area contributed by atoms with Crippen molar-refractivity contribution in [3.8, 4) is 0 Å². The number of rotatable bonds is 5. The summed E-state index contributed by atoms with van der Waals surface area (Å²) in [4.78, 5) is 43.7.